The number of halogens is 1. The zero-order chi connectivity index (χ0) is 16.4. The highest BCUT2D eigenvalue weighted by Crippen LogP contribution is 2.20. The van der Waals surface area contributed by atoms with E-state index < -0.39 is 11.6 Å². The standard InChI is InChI=1S/C16H13BrN4O2/c1-10-9-11(7-8-13(10)17)18-15(22)14-19-16(23)21(20-14)12-5-3-2-4-6-12/h2-9H,1H3,(H,18,22)(H,19,20,23). The normalized spacial score (nSPS) is 10.5. The number of hydrogen-bond donors (Lipinski definition) is 2. The van der Waals surface area contributed by atoms with Gasteiger partial charge in [0.1, 0.15) is 0 Å². The largest absolute Gasteiger partial charge is 0.348 e. The number of carbonyl (C=O) groups excluding carboxylic acids is 1. The first-order valence-electron chi connectivity index (χ1n) is 6.87. The van der Waals surface area contributed by atoms with Gasteiger partial charge >= 0.3 is 5.69 Å². The number of anilines is 1. The summed E-state index contributed by atoms with van der Waals surface area (Å²) in [6, 6.07) is 14.3. The van der Waals surface area contributed by atoms with Crippen molar-refractivity contribution in [2.24, 2.45) is 0 Å². The Balaban J connectivity index is 1.86. The van der Waals surface area contributed by atoms with E-state index in [0.29, 0.717) is 11.4 Å². The van der Waals surface area contributed by atoms with Crippen LogP contribution in [0, 0.1) is 6.92 Å². The molecule has 0 saturated carbocycles. The fourth-order valence-electron chi connectivity index (χ4n) is 2.08. The highest BCUT2D eigenvalue weighted by Gasteiger charge is 2.14. The van der Waals surface area contributed by atoms with Crippen molar-refractivity contribution in [1.29, 1.82) is 0 Å². The molecule has 0 aliphatic carbocycles. The molecular weight excluding hydrogens is 360 g/mol. The number of aromatic amines is 1. The Morgan fingerprint density at radius 3 is 2.65 bits per heavy atom. The third-order valence-electron chi connectivity index (χ3n) is 3.25. The molecule has 23 heavy (non-hydrogen) atoms. The van der Waals surface area contributed by atoms with Crippen molar-refractivity contribution in [3.8, 4) is 5.69 Å². The predicted molar refractivity (Wildman–Crippen MR) is 91.0 cm³/mol. The number of aromatic nitrogens is 3. The highest BCUT2D eigenvalue weighted by molar-refractivity contribution is 9.10. The molecule has 6 nitrogen and oxygen atoms in total. The predicted octanol–water partition coefficient (Wildman–Crippen LogP) is 2.88. The first-order chi connectivity index (χ1) is 11.0. The smallest absolute Gasteiger partial charge is 0.319 e. The zero-order valence-electron chi connectivity index (χ0n) is 12.2. The van der Waals surface area contributed by atoms with Crippen molar-refractivity contribution in [3.05, 3.63) is 74.9 Å². The zero-order valence-corrected chi connectivity index (χ0v) is 13.8. The average Bonchev–Trinajstić information content (AvgIpc) is 2.94. The molecule has 1 heterocycles. The van der Waals surface area contributed by atoms with Crippen LogP contribution in [0.2, 0.25) is 0 Å². The summed E-state index contributed by atoms with van der Waals surface area (Å²) in [7, 11) is 0. The molecule has 0 atom stereocenters. The van der Waals surface area contributed by atoms with Crippen molar-refractivity contribution in [2.75, 3.05) is 5.32 Å². The minimum atomic E-state index is -0.474. The van der Waals surface area contributed by atoms with E-state index in [1.165, 1.54) is 0 Å². The summed E-state index contributed by atoms with van der Waals surface area (Å²) in [6.07, 6.45) is 0. The molecule has 3 rings (SSSR count). The maximum Gasteiger partial charge on any atom is 0.348 e. The van der Waals surface area contributed by atoms with Crippen LogP contribution in [0.25, 0.3) is 5.69 Å². The number of nitrogens with one attached hydrogen (secondary N) is 2. The van der Waals surface area contributed by atoms with Crippen molar-refractivity contribution >= 4 is 27.5 Å². The van der Waals surface area contributed by atoms with E-state index in [4.69, 9.17) is 0 Å². The van der Waals surface area contributed by atoms with Gasteiger partial charge in [-0.3, -0.25) is 9.78 Å². The molecule has 116 valence electrons. The molecular formula is C16H13BrN4O2. The maximum absolute atomic E-state index is 12.2. The van der Waals surface area contributed by atoms with Crippen LogP contribution in [0.15, 0.2) is 57.8 Å². The van der Waals surface area contributed by atoms with Gasteiger partial charge in [0.25, 0.3) is 5.91 Å². The second-order valence-electron chi connectivity index (χ2n) is 4.94. The lowest BCUT2D eigenvalue weighted by Crippen LogP contribution is -2.15. The lowest BCUT2D eigenvalue weighted by Gasteiger charge is -2.05. The van der Waals surface area contributed by atoms with Crippen LogP contribution >= 0.6 is 15.9 Å². The van der Waals surface area contributed by atoms with Crippen LogP contribution in [-0.2, 0) is 0 Å². The van der Waals surface area contributed by atoms with E-state index in [1.54, 1.807) is 30.3 Å². The molecule has 1 amide bonds. The van der Waals surface area contributed by atoms with E-state index in [0.717, 1.165) is 14.7 Å². The monoisotopic (exact) mass is 372 g/mol. The SMILES string of the molecule is Cc1cc(NC(=O)c2nn(-c3ccccc3)c(=O)[nH]2)ccc1Br. The Kier molecular flexibility index (Phi) is 4.12. The minimum Gasteiger partial charge on any atom is -0.319 e. The number of nitrogens with zero attached hydrogens (tertiary/aromatic N) is 2. The summed E-state index contributed by atoms with van der Waals surface area (Å²) < 4.78 is 2.11. The lowest BCUT2D eigenvalue weighted by molar-refractivity contribution is 0.101. The van der Waals surface area contributed by atoms with Crippen LogP contribution in [0.3, 0.4) is 0 Å². The van der Waals surface area contributed by atoms with Crippen LogP contribution in [0.5, 0.6) is 0 Å². The van der Waals surface area contributed by atoms with Crippen LogP contribution in [0.1, 0.15) is 16.2 Å². The van der Waals surface area contributed by atoms with Crippen molar-refractivity contribution in [2.45, 2.75) is 6.92 Å². The van der Waals surface area contributed by atoms with E-state index in [2.05, 4.69) is 31.3 Å². The van der Waals surface area contributed by atoms with E-state index in [1.807, 2.05) is 25.1 Å². The van der Waals surface area contributed by atoms with Crippen LogP contribution in [0.4, 0.5) is 5.69 Å². The second-order valence-corrected chi connectivity index (χ2v) is 5.80. The van der Waals surface area contributed by atoms with Gasteiger partial charge in [0.15, 0.2) is 0 Å². The summed E-state index contributed by atoms with van der Waals surface area (Å²) in [5.41, 5.74) is 1.75. The summed E-state index contributed by atoms with van der Waals surface area (Å²) in [5, 5.41) is 6.76. The van der Waals surface area contributed by atoms with Gasteiger partial charge in [-0.25, -0.2) is 4.79 Å². The van der Waals surface area contributed by atoms with E-state index >= 15 is 0 Å². The quantitative estimate of drug-likeness (QED) is 0.741. The third kappa shape index (κ3) is 3.24. The Hall–Kier alpha value is -2.67. The van der Waals surface area contributed by atoms with Gasteiger partial charge in [-0.05, 0) is 42.8 Å². The summed E-state index contributed by atoms with van der Waals surface area (Å²) >= 11 is 3.40. The molecule has 7 heteroatoms. The van der Waals surface area contributed by atoms with Crippen molar-refractivity contribution < 1.29 is 4.79 Å². The number of benzene rings is 2. The summed E-state index contributed by atoms with van der Waals surface area (Å²) in [5.74, 6) is -0.516. The Bertz CT molecular complexity index is 915. The molecule has 0 aliphatic rings. The topological polar surface area (TPSA) is 79.8 Å². The van der Waals surface area contributed by atoms with Crippen molar-refractivity contribution in [1.82, 2.24) is 14.8 Å². The van der Waals surface area contributed by atoms with Gasteiger partial charge in [-0.1, -0.05) is 34.1 Å². The molecule has 0 saturated heterocycles. The number of rotatable bonds is 3. The third-order valence-corrected chi connectivity index (χ3v) is 4.14. The number of amides is 1. The number of H-pyrrole nitrogens is 1. The number of aryl methyl sites for hydroxylation is 1. The highest BCUT2D eigenvalue weighted by atomic mass is 79.9. The van der Waals surface area contributed by atoms with Gasteiger partial charge in [-0.2, -0.15) is 4.68 Å². The molecule has 3 aromatic rings. The van der Waals surface area contributed by atoms with Gasteiger partial charge in [-0.15, -0.1) is 5.10 Å². The number of carbonyl (C=O) groups is 1. The first kappa shape index (κ1) is 15.2. The summed E-state index contributed by atoms with van der Waals surface area (Å²) in [4.78, 5) is 26.7. The van der Waals surface area contributed by atoms with Gasteiger partial charge < -0.3 is 5.32 Å². The molecule has 0 fully saturated rings. The fraction of sp³-hybridized carbons (Fsp3) is 0.0625. The average molecular weight is 373 g/mol. The second kappa shape index (κ2) is 6.21. The van der Waals surface area contributed by atoms with Crippen LogP contribution in [-0.4, -0.2) is 20.7 Å². The van der Waals surface area contributed by atoms with E-state index in [9.17, 15) is 9.59 Å². The van der Waals surface area contributed by atoms with E-state index in [-0.39, 0.29) is 5.82 Å². The maximum atomic E-state index is 12.2. The molecule has 1 aromatic heterocycles. The molecule has 2 aromatic carbocycles. The first-order valence-corrected chi connectivity index (χ1v) is 7.66. The fourth-order valence-corrected chi connectivity index (χ4v) is 2.33. The van der Waals surface area contributed by atoms with Crippen LogP contribution < -0.4 is 11.0 Å². The molecule has 0 radical (unpaired) electrons. The summed E-state index contributed by atoms with van der Waals surface area (Å²) in [6.45, 7) is 1.92. The van der Waals surface area contributed by atoms with Gasteiger partial charge in [0.05, 0.1) is 5.69 Å². The number of para-hydroxylation sites is 1. The van der Waals surface area contributed by atoms with Gasteiger partial charge in [0, 0.05) is 10.2 Å². The van der Waals surface area contributed by atoms with Gasteiger partial charge in [0.2, 0.25) is 5.82 Å². The molecule has 0 aliphatic heterocycles. The van der Waals surface area contributed by atoms with Crippen molar-refractivity contribution in [3.63, 3.8) is 0 Å². The Labute approximate surface area is 140 Å². The molecule has 2 N–H and O–H groups in total. The number of hydrogen-bond acceptors (Lipinski definition) is 3. The molecule has 0 bridgehead atoms. The lowest BCUT2D eigenvalue weighted by atomic mass is 10.2. The molecule has 0 spiro atoms. The molecule has 0 unspecified atom stereocenters. The minimum absolute atomic E-state index is 0.0422. The Morgan fingerprint density at radius 2 is 1.96 bits per heavy atom. The Morgan fingerprint density at radius 1 is 1.22 bits per heavy atom.